The Kier molecular flexibility index (Phi) is 2.34. The Morgan fingerprint density at radius 2 is 2.33 bits per heavy atom. The Balaban J connectivity index is 2.54. The molecule has 1 atom stereocenters. The van der Waals surface area contributed by atoms with Crippen LogP contribution in [0.25, 0.3) is 0 Å². The first-order valence-corrected chi connectivity index (χ1v) is 4.59. The van der Waals surface area contributed by atoms with Crippen LogP contribution in [0.1, 0.15) is 5.56 Å². The third-order valence-corrected chi connectivity index (χ3v) is 2.51. The fourth-order valence-corrected chi connectivity index (χ4v) is 1.73. The van der Waals surface area contributed by atoms with Gasteiger partial charge < -0.3 is 10.5 Å². The second kappa shape index (κ2) is 3.52. The number of nitrogens with zero attached hydrogens (tertiary/aromatic N) is 1. The quantitative estimate of drug-likeness (QED) is 0.651. The maximum absolute atomic E-state index is 11.4. The van der Waals surface area contributed by atoms with Crippen LogP contribution in [0, 0.1) is 0 Å². The number of hydroxylamine groups is 1. The van der Waals surface area contributed by atoms with Crippen LogP contribution in [0.2, 0.25) is 0 Å². The van der Waals surface area contributed by atoms with Gasteiger partial charge in [-0.2, -0.15) is 5.06 Å². The average molecular weight is 208 g/mol. The molecule has 0 radical (unpaired) electrons. The summed E-state index contributed by atoms with van der Waals surface area (Å²) in [6, 6.07) is 4.43. The summed E-state index contributed by atoms with van der Waals surface area (Å²) in [6.45, 7) is 0. The van der Waals surface area contributed by atoms with Crippen molar-refractivity contribution < 1.29 is 14.7 Å². The first kappa shape index (κ1) is 9.95. The van der Waals surface area contributed by atoms with Gasteiger partial charge in [-0.15, -0.1) is 0 Å². The predicted molar refractivity (Wildman–Crippen MR) is 53.9 cm³/mol. The Labute approximate surface area is 87.0 Å². The highest BCUT2D eigenvalue weighted by Gasteiger charge is 2.31. The van der Waals surface area contributed by atoms with Crippen LogP contribution in [0.3, 0.4) is 0 Å². The molecule has 0 saturated heterocycles. The molecule has 1 heterocycles. The first-order valence-electron chi connectivity index (χ1n) is 4.59. The minimum atomic E-state index is -0.709. The highest BCUT2D eigenvalue weighted by molar-refractivity contribution is 5.98. The van der Waals surface area contributed by atoms with E-state index in [9.17, 15) is 10.0 Å². The number of anilines is 1. The van der Waals surface area contributed by atoms with E-state index in [0.29, 0.717) is 22.9 Å². The van der Waals surface area contributed by atoms with Gasteiger partial charge in [0.2, 0.25) is 0 Å². The maximum Gasteiger partial charge on any atom is 0.267 e. The summed E-state index contributed by atoms with van der Waals surface area (Å²) in [5, 5.41) is 10.2. The summed E-state index contributed by atoms with van der Waals surface area (Å²) in [6.07, 6.45) is 0.384. The first-order chi connectivity index (χ1) is 7.15. The second-order valence-corrected chi connectivity index (χ2v) is 3.42. The highest BCUT2D eigenvalue weighted by atomic mass is 16.5. The van der Waals surface area contributed by atoms with Crippen LogP contribution in [0.5, 0.6) is 5.75 Å². The molecule has 0 aromatic heterocycles. The Morgan fingerprint density at radius 3 is 3.00 bits per heavy atom. The largest absolute Gasteiger partial charge is 0.496 e. The minimum absolute atomic E-state index is 0.384. The highest BCUT2D eigenvalue weighted by Crippen LogP contribution is 2.33. The van der Waals surface area contributed by atoms with E-state index in [2.05, 4.69) is 0 Å². The van der Waals surface area contributed by atoms with E-state index in [0.717, 1.165) is 5.56 Å². The molecule has 1 aromatic carbocycles. The molecule has 5 nitrogen and oxygen atoms in total. The summed E-state index contributed by atoms with van der Waals surface area (Å²) < 4.78 is 5.14. The van der Waals surface area contributed by atoms with E-state index in [1.165, 1.54) is 0 Å². The fourth-order valence-electron chi connectivity index (χ4n) is 1.73. The molecule has 0 spiro atoms. The Bertz CT molecular complexity index is 406. The molecule has 0 saturated carbocycles. The van der Waals surface area contributed by atoms with Gasteiger partial charge in [-0.1, -0.05) is 6.07 Å². The Hall–Kier alpha value is -1.59. The van der Waals surface area contributed by atoms with Crippen molar-refractivity contribution in [2.45, 2.75) is 12.5 Å². The van der Waals surface area contributed by atoms with E-state index in [4.69, 9.17) is 10.5 Å². The zero-order chi connectivity index (χ0) is 11.0. The van der Waals surface area contributed by atoms with E-state index >= 15 is 0 Å². The molecule has 5 heteroatoms. The van der Waals surface area contributed by atoms with Crippen molar-refractivity contribution in [2.75, 3.05) is 12.2 Å². The lowest BCUT2D eigenvalue weighted by molar-refractivity contribution is -0.125. The summed E-state index contributed by atoms with van der Waals surface area (Å²) >= 11 is 0. The smallest absolute Gasteiger partial charge is 0.267 e. The average Bonchev–Trinajstić information content (AvgIpc) is 2.25. The summed E-state index contributed by atoms with van der Waals surface area (Å²) in [4.78, 5) is 11.4. The lowest BCUT2D eigenvalue weighted by atomic mass is 9.98. The number of nitrogens with two attached hydrogens (primary N) is 1. The monoisotopic (exact) mass is 208 g/mol. The van der Waals surface area contributed by atoms with Gasteiger partial charge in [0.1, 0.15) is 5.75 Å². The van der Waals surface area contributed by atoms with Crippen LogP contribution in [0.4, 0.5) is 5.69 Å². The normalized spacial score (nSPS) is 20.1. The molecule has 80 valence electrons. The minimum Gasteiger partial charge on any atom is -0.496 e. The van der Waals surface area contributed by atoms with Crippen LogP contribution in [-0.4, -0.2) is 24.3 Å². The molecule has 0 fully saturated rings. The number of benzene rings is 1. The molecular weight excluding hydrogens is 196 g/mol. The van der Waals surface area contributed by atoms with Gasteiger partial charge in [-0.05, 0) is 12.1 Å². The number of carbonyl (C=O) groups excluding carboxylic acids is 1. The SMILES string of the molecule is COc1cccc2c1C[C@H](N)C(=O)N2O. The summed E-state index contributed by atoms with van der Waals surface area (Å²) in [7, 11) is 1.54. The van der Waals surface area contributed by atoms with Gasteiger partial charge in [0, 0.05) is 12.0 Å². The molecular formula is C10H12N2O3. The lowest BCUT2D eigenvalue weighted by Gasteiger charge is -2.28. The second-order valence-electron chi connectivity index (χ2n) is 3.42. The van der Waals surface area contributed by atoms with Crippen molar-refractivity contribution in [3.63, 3.8) is 0 Å². The molecule has 0 bridgehead atoms. The molecule has 3 N–H and O–H groups in total. The molecule has 1 aliphatic heterocycles. The standard InChI is InChI=1S/C10H12N2O3/c1-15-9-4-2-3-8-6(9)5-7(11)10(13)12(8)14/h2-4,7,14H,5,11H2,1H3/t7-/m0/s1. The van der Waals surface area contributed by atoms with Crippen molar-refractivity contribution in [2.24, 2.45) is 5.73 Å². The number of rotatable bonds is 1. The number of amides is 1. The molecule has 0 aliphatic carbocycles. The van der Waals surface area contributed by atoms with Crippen LogP contribution >= 0.6 is 0 Å². The van der Waals surface area contributed by atoms with Crippen molar-refractivity contribution in [1.82, 2.24) is 0 Å². The van der Waals surface area contributed by atoms with E-state index in [1.54, 1.807) is 25.3 Å². The number of ether oxygens (including phenoxy) is 1. The maximum atomic E-state index is 11.4. The van der Waals surface area contributed by atoms with E-state index in [-0.39, 0.29) is 0 Å². The zero-order valence-corrected chi connectivity index (χ0v) is 8.30. The summed E-state index contributed by atoms with van der Waals surface area (Å²) in [5.41, 5.74) is 6.80. The number of fused-ring (bicyclic) bond motifs is 1. The van der Waals surface area contributed by atoms with Crippen LogP contribution in [0.15, 0.2) is 18.2 Å². The molecule has 1 aromatic rings. The van der Waals surface area contributed by atoms with Gasteiger partial charge in [-0.25, -0.2) is 0 Å². The third kappa shape index (κ3) is 1.45. The van der Waals surface area contributed by atoms with E-state index < -0.39 is 11.9 Å². The van der Waals surface area contributed by atoms with E-state index in [1.807, 2.05) is 0 Å². The zero-order valence-electron chi connectivity index (χ0n) is 8.30. The van der Waals surface area contributed by atoms with Crippen LogP contribution in [-0.2, 0) is 11.2 Å². The van der Waals surface area contributed by atoms with Crippen molar-refractivity contribution in [1.29, 1.82) is 0 Å². The van der Waals surface area contributed by atoms with Crippen molar-refractivity contribution >= 4 is 11.6 Å². The van der Waals surface area contributed by atoms with Gasteiger partial charge in [0.05, 0.1) is 18.8 Å². The van der Waals surface area contributed by atoms with Gasteiger partial charge in [0.15, 0.2) is 0 Å². The topological polar surface area (TPSA) is 75.8 Å². The number of carbonyl (C=O) groups is 1. The predicted octanol–water partition coefficient (Wildman–Crippen LogP) is 0.301. The third-order valence-electron chi connectivity index (χ3n) is 2.51. The Morgan fingerprint density at radius 1 is 1.60 bits per heavy atom. The van der Waals surface area contributed by atoms with Gasteiger partial charge in [-0.3, -0.25) is 10.0 Å². The molecule has 0 unspecified atom stereocenters. The van der Waals surface area contributed by atoms with Gasteiger partial charge in [0.25, 0.3) is 5.91 Å². The molecule has 1 amide bonds. The number of methoxy groups -OCH3 is 1. The molecule has 1 aliphatic rings. The number of hydrogen-bond donors (Lipinski definition) is 2. The van der Waals surface area contributed by atoms with Crippen molar-refractivity contribution in [3.05, 3.63) is 23.8 Å². The van der Waals surface area contributed by atoms with Gasteiger partial charge >= 0.3 is 0 Å². The van der Waals surface area contributed by atoms with Crippen molar-refractivity contribution in [3.8, 4) is 5.75 Å². The fraction of sp³-hybridized carbons (Fsp3) is 0.300. The lowest BCUT2D eigenvalue weighted by Crippen LogP contribution is -2.47. The molecule has 15 heavy (non-hydrogen) atoms. The number of hydrogen-bond acceptors (Lipinski definition) is 4. The van der Waals surface area contributed by atoms with Crippen LogP contribution < -0.4 is 15.5 Å². The summed E-state index contributed by atoms with van der Waals surface area (Å²) in [5.74, 6) is 0.144. The molecule has 2 rings (SSSR count).